The number of halogens is 1. The molecule has 47 heavy (non-hydrogen) atoms. The minimum absolute atomic E-state index is 0.0377. The summed E-state index contributed by atoms with van der Waals surface area (Å²) in [7, 11) is 0. The Kier molecular flexibility index (Phi) is 9.27. The van der Waals surface area contributed by atoms with Gasteiger partial charge in [-0.25, -0.2) is 14.9 Å². The maximum atomic E-state index is 13.5. The minimum Gasteiger partial charge on any atom is -0.457 e. The summed E-state index contributed by atoms with van der Waals surface area (Å²) in [5.41, 5.74) is 13.9. The van der Waals surface area contributed by atoms with E-state index in [1.807, 2.05) is 30.3 Å². The molecule has 1 saturated carbocycles. The number of alkyl halides is 1. The topological polar surface area (TPSA) is 175 Å². The quantitative estimate of drug-likeness (QED) is 0.0690. The normalized spacial score (nSPS) is 18.8. The van der Waals surface area contributed by atoms with Crippen LogP contribution < -0.4 is 10.7 Å². The first-order chi connectivity index (χ1) is 22.8. The fourth-order valence-corrected chi connectivity index (χ4v) is 5.59. The molecule has 3 atom stereocenters. The number of rotatable bonds is 10. The van der Waals surface area contributed by atoms with Crippen LogP contribution in [0.4, 0.5) is 10.1 Å². The molecule has 0 bridgehead atoms. The van der Waals surface area contributed by atoms with Crippen LogP contribution in [0.5, 0.6) is 0 Å². The Hall–Kier alpha value is -5.53. The largest absolute Gasteiger partial charge is 0.457 e. The van der Waals surface area contributed by atoms with Crippen LogP contribution in [0.1, 0.15) is 48.3 Å². The molecule has 3 heterocycles. The number of fused-ring (bicyclic) bond motifs is 1. The molecule has 2 amide bonds. The molecule has 13 nitrogen and oxygen atoms in total. The number of oxazole rings is 1. The first-order valence-corrected chi connectivity index (χ1v) is 15.3. The smallest absolute Gasteiger partial charge is 0.303 e. The van der Waals surface area contributed by atoms with Crippen molar-refractivity contribution in [1.82, 2.24) is 20.3 Å². The first-order valence-electron chi connectivity index (χ1n) is 15.3. The fourth-order valence-electron chi connectivity index (χ4n) is 5.59. The number of hydrogen-bond acceptors (Lipinski definition) is 10. The summed E-state index contributed by atoms with van der Waals surface area (Å²) in [6.07, 6.45) is 2.07. The standard InChI is InChI=1S/C33H33FN8O5/c1-19(43)46-18-29(39-35)40-41-30(20-5-3-2-4-6-20)21-10-13-42(14-11-21)33(45)27-15-22(9-12-36-27)32-38-26-16-23(7-8-28(26)47-32)37-31(44)24-17-25(24)34/h2-9,12,15-16,21,24-25,30,35,41H,10-11,13-14,17-18H2,1H3,(H,37,44)/b39-35?,40-29-/t24-,25+,30-/m1/s1. The van der Waals surface area contributed by atoms with Gasteiger partial charge in [0.2, 0.25) is 17.6 Å². The maximum Gasteiger partial charge on any atom is 0.303 e. The molecule has 2 fully saturated rings. The maximum absolute atomic E-state index is 13.5. The molecule has 2 aliphatic rings. The van der Waals surface area contributed by atoms with Crippen molar-refractivity contribution >= 4 is 40.4 Å². The molecule has 0 spiro atoms. The van der Waals surface area contributed by atoms with Gasteiger partial charge in [0.1, 0.15) is 17.4 Å². The molecular formula is C33H33FN8O5. The summed E-state index contributed by atoms with van der Waals surface area (Å²) in [5, 5.41) is 10.3. The van der Waals surface area contributed by atoms with Crippen molar-refractivity contribution in [2.24, 2.45) is 22.1 Å². The third-order valence-electron chi connectivity index (χ3n) is 8.25. The molecule has 2 aromatic heterocycles. The van der Waals surface area contributed by atoms with Crippen LogP contribution in [0.15, 0.2) is 81.5 Å². The molecule has 3 N–H and O–H groups in total. The summed E-state index contributed by atoms with van der Waals surface area (Å²) in [5.74, 6) is -1.20. The number of amidine groups is 1. The lowest BCUT2D eigenvalue weighted by Crippen LogP contribution is -2.41. The number of pyridine rings is 1. The fraction of sp³-hybridized carbons (Fsp3) is 0.333. The Labute approximate surface area is 269 Å². The zero-order valence-corrected chi connectivity index (χ0v) is 25.6. The Morgan fingerprint density at radius 1 is 1.13 bits per heavy atom. The van der Waals surface area contributed by atoms with Gasteiger partial charge in [-0.2, -0.15) is 5.10 Å². The van der Waals surface area contributed by atoms with E-state index < -0.39 is 18.1 Å². The number of likely N-dealkylation sites (tertiary alicyclic amines) is 1. The number of nitrogens with zero attached hydrogens (tertiary/aromatic N) is 5. The molecule has 0 radical (unpaired) electrons. The number of hydrazone groups is 1. The molecule has 1 aliphatic carbocycles. The number of carbonyl (C=O) groups excluding carboxylic acids is 3. The summed E-state index contributed by atoms with van der Waals surface area (Å²) in [6, 6.07) is 17.9. The van der Waals surface area contributed by atoms with E-state index in [4.69, 9.17) is 14.7 Å². The van der Waals surface area contributed by atoms with Crippen LogP contribution in [0, 0.1) is 17.4 Å². The zero-order chi connectivity index (χ0) is 32.9. The summed E-state index contributed by atoms with van der Waals surface area (Å²) in [4.78, 5) is 47.5. The van der Waals surface area contributed by atoms with Crippen LogP contribution in [0.2, 0.25) is 0 Å². The second-order valence-corrected chi connectivity index (χ2v) is 11.5. The highest BCUT2D eigenvalue weighted by atomic mass is 19.1. The molecule has 1 aliphatic heterocycles. The van der Waals surface area contributed by atoms with Gasteiger partial charge >= 0.3 is 5.97 Å². The summed E-state index contributed by atoms with van der Waals surface area (Å²) >= 11 is 0. The van der Waals surface area contributed by atoms with Crippen molar-refractivity contribution in [2.75, 3.05) is 25.0 Å². The van der Waals surface area contributed by atoms with E-state index in [0.717, 1.165) is 5.56 Å². The predicted molar refractivity (Wildman–Crippen MR) is 169 cm³/mol. The number of esters is 1. The lowest BCUT2D eigenvalue weighted by molar-refractivity contribution is -0.139. The van der Waals surface area contributed by atoms with E-state index in [2.05, 4.69) is 30.9 Å². The zero-order valence-electron chi connectivity index (χ0n) is 25.6. The highest BCUT2D eigenvalue weighted by Crippen LogP contribution is 2.35. The van der Waals surface area contributed by atoms with Gasteiger partial charge in [-0.1, -0.05) is 30.3 Å². The van der Waals surface area contributed by atoms with E-state index >= 15 is 0 Å². The Morgan fingerprint density at radius 2 is 1.89 bits per heavy atom. The van der Waals surface area contributed by atoms with Gasteiger partial charge < -0.3 is 24.8 Å². The van der Waals surface area contributed by atoms with Gasteiger partial charge in [-0.3, -0.25) is 19.4 Å². The first kappa shape index (κ1) is 31.5. The van der Waals surface area contributed by atoms with Gasteiger partial charge in [0.25, 0.3) is 5.91 Å². The average molecular weight is 641 g/mol. The number of benzene rings is 2. The number of nitrogens with one attached hydrogen (secondary N) is 3. The number of hydrogen-bond donors (Lipinski definition) is 3. The summed E-state index contributed by atoms with van der Waals surface area (Å²) in [6.45, 7) is 2.05. The van der Waals surface area contributed by atoms with E-state index in [1.54, 1.807) is 35.2 Å². The minimum atomic E-state index is -1.08. The second kappa shape index (κ2) is 13.8. The monoisotopic (exact) mass is 640 g/mol. The lowest BCUT2D eigenvalue weighted by Gasteiger charge is -2.36. The predicted octanol–water partition coefficient (Wildman–Crippen LogP) is 5.28. The van der Waals surface area contributed by atoms with Crippen molar-refractivity contribution in [3.05, 3.63) is 78.1 Å². The number of aromatic nitrogens is 2. The van der Waals surface area contributed by atoms with Crippen LogP contribution in [-0.4, -0.2) is 64.4 Å². The highest BCUT2D eigenvalue weighted by Gasteiger charge is 2.43. The number of amides is 2. The van der Waals surface area contributed by atoms with Crippen molar-refractivity contribution in [3.63, 3.8) is 0 Å². The van der Waals surface area contributed by atoms with Crippen molar-refractivity contribution in [1.29, 1.82) is 5.53 Å². The third kappa shape index (κ3) is 7.48. The Bertz CT molecular complexity index is 1820. The van der Waals surface area contributed by atoms with Crippen LogP contribution in [0.3, 0.4) is 0 Å². The van der Waals surface area contributed by atoms with E-state index in [1.165, 1.54) is 13.1 Å². The molecule has 0 unspecified atom stereocenters. The van der Waals surface area contributed by atoms with Gasteiger partial charge in [-0.05, 0) is 61.1 Å². The van der Waals surface area contributed by atoms with Crippen molar-refractivity contribution < 1.29 is 27.9 Å². The van der Waals surface area contributed by atoms with Gasteiger partial charge in [-0.15, -0.1) is 5.11 Å². The van der Waals surface area contributed by atoms with Gasteiger partial charge in [0.15, 0.2) is 12.2 Å². The van der Waals surface area contributed by atoms with Crippen molar-refractivity contribution in [2.45, 2.75) is 38.4 Å². The second-order valence-electron chi connectivity index (χ2n) is 11.5. The Morgan fingerprint density at radius 3 is 2.60 bits per heavy atom. The number of anilines is 1. The van der Waals surface area contributed by atoms with Crippen LogP contribution in [0.25, 0.3) is 22.6 Å². The number of ether oxygens (including phenoxy) is 1. The third-order valence-corrected chi connectivity index (χ3v) is 8.25. The molecule has 1 saturated heterocycles. The molecule has 14 heteroatoms. The number of piperidine rings is 1. The average Bonchev–Trinajstić information content (AvgIpc) is 3.68. The molecule has 6 rings (SSSR count). The van der Waals surface area contributed by atoms with Crippen molar-refractivity contribution in [3.8, 4) is 11.5 Å². The van der Waals surface area contributed by atoms with E-state index in [-0.39, 0.29) is 48.3 Å². The SMILES string of the molecule is CC(=O)OC/C(N=N)=N/N[C@H](c1ccccc1)C1CCN(C(=O)c2cc(-c3nc4cc(NC(=O)[C@@H]5C[C@@H]5F)ccc4o3)ccn2)CC1. The van der Waals surface area contributed by atoms with E-state index in [9.17, 15) is 18.8 Å². The molecule has 2 aromatic carbocycles. The van der Waals surface area contributed by atoms with Crippen LogP contribution in [-0.2, 0) is 14.3 Å². The number of carbonyl (C=O) groups is 3. The van der Waals surface area contributed by atoms with Gasteiger partial charge in [0.05, 0.1) is 12.0 Å². The molecule has 242 valence electrons. The lowest BCUT2D eigenvalue weighted by atomic mass is 9.85. The van der Waals surface area contributed by atoms with Crippen LogP contribution >= 0.6 is 0 Å². The molecular weight excluding hydrogens is 607 g/mol. The summed E-state index contributed by atoms with van der Waals surface area (Å²) < 4.78 is 24.1. The highest BCUT2D eigenvalue weighted by molar-refractivity contribution is 5.96. The Balaban J connectivity index is 1.12. The van der Waals surface area contributed by atoms with E-state index in [0.29, 0.717) is 54.2 Å². The van der Waals surface area contributed by atoms with Gasteiger partial charge in [0, 0.05) is 37.5 Å². The molecule has 4 aromatic rings.